The van der Waals surface area contributed by atoms with Gasteiger partial charge in [0.15, 0.2) is 0 Å². The van der Waals surface area contributed by atoms with E-state index in [0.29, 0.717) is 5.56 Å². The van der Waals surface area contributed by atoms with E-state index >= 15 is 0 Å². The van der Waals surface area contributed by atoms with E-state index in [2.05, 4.69) is 5.32 Å². The number of nitro groups is 1. The van der Waals surface area contributed by atoms with Gasteiger partial charge in [-0.15, -0.1) is 11.3 Å². The number of thiophene rings is 1. The number of methoxy groups -OCH3 is 1. The maximum absolute atomic E-state index is 12.7. The van der Waals surface area contributed by atoms with Crippen LogP contribution >= 0.6 is 11.3 Å². The Hall–Kier alpha value is -3.27. The van der Waals surface area contributed by atoms with Gasteiger partial charge in [-0.25, -0.2) is 4.79 Å². The number of esters is 1. The predicted octanol–water partition coefficient (Wildman–Crippen LogP) is 3.01. The van der Waals surface area contributed by atoms with E-state index in [0.717, 1.165) is 11.3 Å². The number of nitrogens with one attached hydrogen (secondary N) is 1. The van der Waals surface area contributed by atoms with Crippen molar-refractivity contribution in [3.8, 4) is 0 Å². The molecule has 10 heteroatoms. The normalized spacial score (nSPS) is 10.3. The lowest BCUT2D eigenvalue weighted by Gasteiger charge is -2.08. The second kappa shape index (κ2) is 8.17. The molecule has 1 aromatic carbocycles. The Labute approximate surface area is 165 Å². The number of carbonyl (C=O) groups is 3. The third-order valence-electron chi connectivity index (χ3n) is 4.11. The van der Waals surface area contributed by atoms with Gasteiger partial charge < -0.3 is 15.0 Å². The molecule has 0 aliphatic heterocycles. The second-order valence-electron chi connectivity index (χ2n) is 6.11. The summed E-state index contributed by atoms with van der Waals surface area (Å²) < 4.78 is 4.78. The van der Waals surface area contributed by atoms with Crippen LogP contribution in [0.2, 0.25) is 0 Å². The number of benzene rings is 1. The summed E-state index contributed by atoms with van der Waals surface area (Å²) in [7, 11) is 4.34. The number of hydrogen-bond donors (Lipinski definition) is 1. The number of hydrogen-bond acceptors (Lipinski definition) is 7. The Morgan fingerprint density at radius 1 is 1.18 bits per heavy atom. The molecule has 1 aromatic heterocycles. The molecule has 0 aliphatic rings. The number of carbonyl (C=O) groups excluding carboxylic acids is 3. The number of anilines is 1. The Morgan fingerprint density at radius 3 is 2.36 bits per heavy atom. The molecule has 0 saturated heterocycles. The number of ether oxygens (including phenoxy) is 1. The summed E-state index contributed by atoms with van der Waals surface area (Å²) >= 11 is 0.948. The Kier molecular flexibility index (Phi) is 6.14. The van der Waals surface area contributed by atoms with Crippen molar-refractivity contribution in [1.29, 1.82) is 0 Å². The molecule has 9 nitrogen and oxygen atoms in total. The summed E-state index contributed by atoms with van der Waals surface area (Å²) in [4.78, 5) is 49.5. The minimum atomic E-state index is -0.697. The molecule has 0 atom stereocenters. The summed E-state index contributed by atoms with van der Waals surface area (Å²) in [5.41, 5.74) is 0.571. The number of nitro benzene ring substituents is 1. The SMILES string of the molecule is COC(=O)c1c(NC(=O)c2cccc([N+](=O)[O-])c2C)sc(C(=O)N(C)C)c1C. The average Bonchev–Trinajstić information content (AvgIpc) is 2.95. The molecule has 0 unspecified atom stereocenters. The fourth-order valence-corrected chi connectivity index (χ4v) is 3.81. The molecule has 1 N–H and O–H groups in total. The van der Waals surface area contributed by atoms with Crippen LogP contribution in [0.25, 0.3) is 0 Å². The first-order chi connectivity index (χ1) is 13.1. The van der Waals surface area contributed by atoms with Crippen molar-refractivity contribution in [2.75, 3.05) is 26.5 Å². The lowest BCUT2D eigenvalue weighted by Crippen LogP contribution is -2.21. The maximum Gasteiger partial charge on any atom is 0.341 e. The van der Waals surface area contributed by atoms with E-state index in [9.17, 15) is 24.5 Å². The highest BCUT2D eigenvalue weighted by Crippen LogP contribution is 2.35. The fourth-order valence-electron chi connectivity index (χ4n) is 2.59. The van der Waals surface area contributed by atoms with Gasteiger partial charge in [-0.1, -0.05) is 6.07 Å². The zero-order valence-electron chi connectivity index (χ0n) is 16.0. The summed E-state index contributed by atoms with van der Waals surface area (Å²) in [6.07, 6.45) is 0. The molecular weight excluding hydrogens is 386 g/mol. The van der Waals surface area contributed by atoms with Gasteiger partial charge in [0.25, 0.3) is 17.5 Å². The predicted molar refractivity (Wildman–Crippen MR) is 104 cm³/mol. The highest BCUT2D eigenvalue weighted by Gasteiger charge is 2.28. The van der Waals surface area contributed by atoms with Gasteiger partial charge in [0, 0.05) is 31.3 Å². The van der Waals surface area contributed by atoms with Crippen molar-refractivity contribution in [2.24, 2.45) is 0 Å². The Bertz CT molecular complexity index is 980. The zero-order chi connectivity index (χ0) is 21.2. The van der Waals surface area contributed by atoms with Crippen LogP contribution in [0.15, 0.2) is 18.2 Å². The van der Waals surface area contributed by atoms with Crippen LogP contribution in [0.4, 0.5) is 10.7 Å². The molecular formula is C18H19N3O6S. The lowest BCUT2D eigenvalue weighted by atomic mass is 10.1. The topological polar surface area (TPSA) is 119 Å². The summed E-state index contributed by atoms with van der Waals surface area (Å²) in [5, 5.41) is 13.8. The van der Waals surface area contributed by atoms with Crippen LogP contribution in [0.3, 0.4) is 0 Å². The van der Waals surface area contributed by atoms with E-state index < -0.39 is 16.8 Å². The van der Waals surface area contributed by atoms with Crippen molar-refractivity contribution >= 4 is 39.8 Å². The smallest absolute Gasteiger partial charge is 0.341 e. The maximum atomic E-state index is 12.7. The van der Waals surface area contributed by atoms with Gasteiger partial charge in [0.05, 0.1) is 22.5 Å². The first kappa shape index (κ1) is 21.0. The van der Waals surface area contributed by atoms with Crippen molar-refractivity contribution in [3.63, 3.8) is 0 Å². The highest BCUT2D eigenvalue weighted by molar-refractivity contribution is 7.18. The van der Waals surface area contributed by atoms with Crippen molar-refractivity contribution < 1.29 is 24.0 Å². The molecule has 0 fully saturated rings. The molecule has 2 rings (SSSR count). The van der Waals surface area contributed by atoms with Crippen molar-refractivity contribution in [3.05, 3.63) is 55.4 Å². The third kappa shape index (κ3) is 3.86. The highest BCUT2D eigenvalue weighted by atomic mass is 32.1. The van der Waals surface area contributed by atoms with Crippen LogP contribution in [-0.2, 0) is 4.74 Å². The van der Waals surface area contributed by atoms with E-state index in [1.54, 1.807) is 21.0 Å². The van der Waals surface area contributed by atoms with Crippen LogP contribution in [0.5, 0.6) is 0 Å². The molecule has 1 heterocycles. The number of rotatable bonds is 5. The van der Waals surface area contributed by atoms with Gasteiger partial charge in [0.2, 0.25) is 0 Å². The molecule has 0 spiro atoms. The van der Waals surface area contributed by atoms with Gasteiger partial charge in [-0.2, -0.15) is 0 Å². The minimum Gasteiger partial charge on any atom is -0.465 e. The van der Waals surface area contributed by atoms with Crippen molar-refractivity contribution in [1.82, 2.24) is 4.90 Å². The molecule has 0 bridgehead atoms. The molecule has 148 valence electrons. The fraction of sp³-hybridized carbons (Fsp3) is 0.278. The van der Waals surface area contributed by atoms with Gasteiger partial charge >= 0.3 is 5.97 Å². The lowest BCUT2D eigenvalue weighted by molar-refractivity contribution is -0.385. The zero-order valence-corrected chi connectivity index (χ0v) is 16.8. The molecule has 0 radical (unpaired) electrons. The molecule has 0 saturated carbocycles. The van der Waals surface area contributed by atoms with E-state index in [1.807, 2.05) is 0 Å². The van der Waals surface area contributed by atoms with Crippen LogP contribution < -0.4 is 5.32 Å². The second-order valence-corrected chi connectivity index (χ2v) is 7.13. The monoisotopic (exact) mass is 405 g/mol. The summed E-state index contributed by atoms with van der Waals surface area (Å²) in [6.45, 7) is 3.06. The van der Waals surface area contributed by atoms with E-state index in [-0.39, 0.29) is 38.2 Å². The van der Waals surface area contributed by atoms with Crippen molar-refractivity contribution in [2.45, 2.75) is 13.8 Å². The van der Waals surface area contributed by atoms with Crippen LogP contribution in [0.1, 0.15) is 41.5 Å². The molecule has 28 heavy (non-hydrogen) atoms. The Balaban J connectivity index is 2.51. The van der Waals surface area contributed by atoms with Crippen LogP contribution in [-0.4, -0.2) is 48.8 Å². The molecule has 0 aliphatic carbocycles. The molecule has 2 amide bonds. The van der Waals surface area contributed by atoms with Crippen LogP contribution in [0, 0.1) is 24.0 Å². The van der Waals surface area contributed by atoms with Gasteiger partial charge in [0.1, 0.15) is 5.00 Å². The van der Waals surface area contributed by atoms with E-state index in [1.165, 1.54) is 37.1 Å². The Morgan fingerprint density at radius 2 is 1.82 bits per heavy atom. The summed E-state index contributed by atoms with van der Waals surface area (Å²) in [6, 6.07) is 4.15. The standard InChI is InChI=1S/C18H19N3O6S/c1-9-11(7-6-8-12(9)21(25)26)15(22)19-16-13(18(24)27-5)10(2)14(28-16)17(23)20(3)4/h6-8H,1-5H3,(H,19,22). The first-order valence-electron chi connectivity index (χ1n) is 8.08. The number of nitrogens with zero attached hydrogens (tertiary/aromatic N) is 2. The molecule has 2 aromatic rings. The number of amides is 2. The largest absolute Gasteiger partial charge is 0.465 e. The average molecular weight is 405 g/mol. The van der Waals surface area contributed by atoms with Gasteiger partial charge in [-0.3, -0.25) is 19.7 Å². The third-order valence-corrected chi connectivity index (χ3v) is 5.31. The minimum absolute atomic E-state index is 0.0779. The summed E-state index contributed by atoms with van der Waals surface area (Å²) in [5.74, 6) is -1.64. The quantitative estimate of drug-likeness (QED) is 0.464. The van der Waals surface area contributed by atoms with E-state index in [4.69, 9.17) is 4.74 Å². The first-order valence-corrected chi connectivity index (χ1v) is 8.90. The van der Waals surface area contributed by atoms with Gasteiger partial charge in [-0.05, 0) is 25.5 Å².